The van der Waals surface area contributed by atoms with Crippen LogP contribution in [0.4, 0.5) is 0 Å². The number of thiazole rings is 1. The van der Waals surface area contributed by atoms with E-state index in [9.17, 15) is 0 Å². The summed E-state index contributed by atoms with van der Waals surface area (Å²) in [5.74, 6) is 0. The maximum Gasteiger partial charge on any atom is 0.142 e. The highest BCUT2D eigenvalue weighted by Crippen LogP contribution is 2.23. The lowest BCUT2D eigenvalue weighted by atomic mass is 9.95. The van der Waals surface area contributed by atoms with E-state index in [-0.39, 0.29) is 5.54 Å². The number of nitrogens with one attached hydrogen (secondary N) is 1. The highest BCUT2D eigenvalue weighted by atomic mass is 32.1. The second kappa shape index (κ2) is 5.99. The Morgan fingerprint density at radius 1 is 1.45 bits per heavy atom. The van der Waals surface area contributed by atoms with E-state index in [4.69, 9.17) is 4.74 Å². The Labute approximate surface area is 123 Å². The fourth-order valence-electron chi connectivity index (χ4n) is 2.37. The summed E-state index contributed by atoms with van der Waals surface area (Å²) in [6.45, 7) is 4.67. The molecule has 0 saturated carbocycles. The van der Waals surface area contributed by atoms with Crippen LogP contribution in [0.25, 0.3) is 10.7 Å². The molecule has 0 spiro atoms. The minimum absolute atomic E-state index is 0.0764. The summed E-state index contributed by atoms with van der Waals surface area (Å²) in [5.41, 5.74) is 2.09. The van der Waals surface area contributed by atoms with Gasteiger partial charge in [0.15, 0.2) is 0 Å². The maximum atomic E-state index is 5.56. The van der Waals surface area contributed by atoms with Crippen LogP contribution in [-0.2, 0) is 11.3 Å². The molecule has 3 heterocycles. The Morgan fingerprint density at radius 3 is 3.15 bits per heavy atom. The molecule has 2 aromatic heterocycles. The van der Waals surface area contributed by atoms with Gasteiger partial charge in [-0.2, -0.15) is 0 Å². The van der Waals surface area contributed by atoms with Gasteiger partial charge >= 0.3 is 0 Å². The van der Waals surface area contributed by atoms with E-state index in [0.717, 1.165) is 49.0 Å². The monoisotopic (exact) mass is 289 g/mol. The minimum atomic E-state index is 0.0764. The predicted octanol–water partition coefficient (Wildman–Crippen LogP) is 2.86. The molecule has 1 fully saturated rings. The molecule has 0 aliphatic carbocycles. The number of nitrogens with zero attached hydrogens (tertiary/aromatic N) is 2. The van der Waals surface area contributed by atoms with Crippen LogP contribution in [0.3, 0.4) is 0 Å². The summed E-state index contributed by atoms with van der Waals surface area (Å²) < 4.78 is 5.56. The third-order valence-electron chi connectivity index (χ3n) is 3.57. The zero-order valence-corrected chi connectivity index (χ0v) is 12.4. The van der Waals surface area contributed by atoms with Crippen LogP contribution in [0.5, 0.6) is 0 Å². The van der Waals surface area contributed by atoms with Gasteiger partial charge in [0, 0.05) is 30.3 Å². The van der Waals surface area contributed by atoms with Crippen molar-refractivity contribution in [1.82, 2.24) is 15.3 Å². The van der Waals surface area contributed by atoms with Crippen molar-refractivity contribution in [3.8, 4) is 10.7 Å². The second-order valence-corrected chi connectivity index (χ2v) is 6.29. The smallest absolute Gasteiger partial charge is 0.142 e. The largest absolute Gasteiger partial charge is 0.380 e. The Hall–Kier alpha value is -1.30. The molecule has 1 N–H and O–H groups in total. The Morgan fingerprint density at radius 2 is 2.40 bits per heavy atom. The molecule has 0 aromatic carbocycles. The van der Waals surface area contributed by atoms with Crippen molar-refractivity contribution < 1.29 is 4.74 Å². The van der Waals surface area contributed by atoms with Gasteiger partial charge in [-0.1, -0.05) is 6.07 Å². The summed E-state index contributed by atoms with van der Waals surface area (Å²) >= 11 is 1.64. The normalized spacial score (nSPS) is 22.9. The lowest BCUT2D eigenvalue weighted by Gasteiger charge is -2.34. The number of pyridine rings is 1. The molecule has 0 amide bonds. The predicted molar refractivity (Wildman–Crippen MR) is 80.6 cm³/mol. The first kappa shape index (κ1) is 13.7. The fourth-order valence-corrected chi connectivity index (χ4v) is 3.17. The van der Waals surface area contributed by atoms with Gasteiger partial charge in [-0.15, -0.1) is 11.3 Å². The first-order valence-corrected chi connectivity index (χ1v) is 7.82. The average molecular weight is 289 g/mol. The summed E-state index contributed by atoms with van der Waals surface area (Å²) in [6, 6.07) is 5.90. The molecule has 1 aliphatic heterocycles. The van der Waals surface area contributed by atoms with Crippen LogP contribution in [0.1, 0.15) is 25.5 Å². The highest BCUT2D eigenvalue weighted by Gasteiger charge is 2.26. The van der Waals surface area contributed by atoms with Gasteiger partial charge < -0.3 is 10.1 Å². The quantitative estimate of drug-likeness (QED) is 0.940. The van der Waals surface area contributed by atoms with Crippen LogP contribution >= 0.6 is 11.3 Å². The van der Waals surface area contributed by atoms with Crippen molar-refractivity contribution >= 4 is 11.3 Å². The zero-order valence-electron chi connectivity index (χ0n) is 11.6. The number of rotatable bonds is 4. The van der Waals surface area contributed by atoms with Gasteiger partial charge in [0.05, 0.1) is 18.0 Å². The average Bonchev–Trinajstić information content (AvgIpc) is 2.96. The molecule has 1 aliphatic rings. The summed E-state index contributed by atoms with van der Waals surface area (Å²) in [5, 5.41) is 6.66. The van der Waals surface area contributed by atoms with Gasteiger partial charge in [0.2, 0.25) is 0 Å². The van der Waals surface area contributed by atoms with E-state index in [1.807, 2.05) is 18.2 Å². The molecule has 20 heavy (non-hydrogen) atoms. The topological polar surface area (TPSA) is 47.0 Å². The van der Waals surface area contributed by atoms with Gasteiger partial charge in [0.25, 0.3) is 0 Å². The van der Waals surface area contributed by atoms with Crippen molar-refractivity contribution in [2.45, 2.75) is 31.8 Å². The molecule has 4 nitrogen and oxygen atoms in total. The van der Waals surface area contributed by atoms with E-state index in [1.165, 1.54) is 0 Å². The van der Waals surface area contributed by atoms with E-state index in [1.54, 1.807) is 17.5 Å². The van der Waals surface area contributed by atoms with Gasteiger partial charge in [-0.05, 0) is 31.9 Å². The molecule has 0 radical (unpaired) electrons. The Kier molecular flexibility index (Phi) is 4.10. The minimum Gasteiger partial charge on any atom is -0.380 e. The number of hydrogen-bond acceptors (Lipinski definition) is 5. The van der Waals surface area contributed by atoms with E-state index < -0.39 is 0 Å². The number of aromatic nitrogens is 2. The maximum absolute atomic E-state index is 5.56. The van der Waals surface area contributed by atoms with Crippen LogP contribution in [-0.4, -0.2) is 28.7 Å². The molecule has 0 bridgehead atoms. The SMILES string of the molecule is CC1(NCc2csc(-c3ccccn3)n2)CCCOC1. The Balaban J connectivity index is 1.63. The third-order valence-corrected chi connectivity index (χ3v) is 4.48. The van der Waals surface area contributed by atoms with Crippen LogP contribution in [0.15, 0.2) is 29.8 Å². The summed E-state index contributed by atoms with van der Waals surface area (Å²) in [6.07, 6.45) is 4.08. The highest BCUT2D eigenvalue weighted by molar-refractivity contribution is 7.13. The van der Waals surface area contributed by atoms with Crippen molar-refractivity contribution in [2.75, 3.05) is 13.2 Å². The number of hydrogen-bond donors (Lipinski definition) is 1. The lowest BCUT2D eigenvalue weighted by Crippen LogP contribution is -2.48. The molecular formula is C15H19N3OS. The van der Waals surface area contributed by atoms with Crippen molar-refractivity contribution in [1.29, 1.82) is 0 Å². The van der Waals surface area contributed by atoms with Crippen molar-refractivity contribution in [3.63, 3.8) is 0 Å². The Bertz CT molecular complexity index is 549. The summed E-state index contributed by atoms with van der Waals surface area (Å²) in [4.78, 5) is 8.98. The fraction of sp³-hybridized carbons (Fsp3) is 0.467. The second-order valence-electron chi connectivity index (χ2n) is 5.43. The first-order valence-electron chi connectivity index (χ1n) is 6.94. The summed E-state index contributed by atoms with van der Waals surface area (Å²) in [7, 11) is 0. The van der Waals surface area contributed by atoms with E-state index in [0.29, 0.717) is 0 Å². The third kappa shape index (κ3) is 3.23. The number of ether oxygens (including phenoxy) is 1. The molecule has 3 rings (SSSR count). The van der Waals surface area contributed by atoms with Gasteiger partial charge in [0.1, 0.15) is 5.01 Å². The standard InChI is InChI=1S/C15H19N3OS/c1-15(6-4-8-19-11-15)17-9-12-10-20-14(18-12)13-5-2-3-7-16-13/h2-3,5,7,10,17H,4,6,8-9,11H2,1H3. The van der Waals surface area contributed by atoms with Gasteiger partial charge in [-0.3, -0.25) is 4.98 Å². The van der Waals surface area contributed by atoms with E-state index in [2.05, 4.69) is 27.6 Å². The van der Waals surface area contributed by atoms with Crippen molar-refractivity contribution in [2.24, 2.45) is 0 Å². The van der Waals surface area contributed by atoms with E-state index >= 15 is 0 Å². The zero-order chi connectivity index (χ0) is 13.8. The molecule has 2 aromatic rings. The molecule has 106 valence electrons. The molecular weight excluding hydrogens is 270 g/mol. The first-order chi connectivity index (χ1) is 9.75. The van der Waals surface area contributed by atoms with Crippen LogP contribution < -0.4 is 5.32 Å². The molecule has 1 unspecified atom stereocenters. The van der Waals surface area contributed by atoms with Crippen molar-refractivity contribution in [3.05, 3.63) is 35.5 Å². The van der Waals surface area contributed by atoms with Gasteiger partial charge in [-0.25, -0.2) is 4.98 Å². The molecule has 1 saturated heterocycles. The van der Waals surface area contributed by atoms with Crippen LogP contribution in [0.2, 0.25) is 0 Å². The van der Waals surface area contributed by atoms with Crippen LogP contribution in [0, 0.1) is 0 Å². The molecule has 1 atom stereocenters. The molecule has 5 heteroatoms. The lowest BCUT2D eigenvalue weighted by molar-refractivity contribution is 0.0276.